The second-order valence-corrected chi connectivity index (χ2v) is 5.39. The molecular weight excluding hydrogens is 148 g/mol. The Morgan fingerprint density at radius 3 is 1.75 bits per heavy atom. The van der Waals surface area contributed by atoms with E-state index in [9.17, 15) is 4.79 Å². The molecule has 12 heavy (non-hydrogen) atoms. The van der Waals surface area contributed by atoms with Gasteiger partial charge < -0.3 is 0 Å². The first-order valence-corrected chi connectivity index (χ1v) is 4.85. The maximum atomic E-state index is 12.0. The second-order valence-electron chi connectivity index (χ2n) is 5.39. The van der Waals surface area contributed by atoms with Crippen LogP contribution in [-0.4, -0.2) is 5.78 Å². The van der Waals surface area contributed by atoms with Crippen molar-refractivity contribution in [1.82, 2.24) is 0 Å². The van der Waals surface area contributed by atoms with Crippen LogP contribution in [0.4, 0.5) is 0 Å². The van der Waals surface area contributed by atoms with Crippen molar-refractivity contribution < 1.29 is 4.79 Å². The van der Waals surface area contributed by atoms with Crippen LogP contribution in [0.3, 0.4) is 0 Å². The Morgan fingerprint density at radius 2 is 1.67 bits per heavy atom. The van der Waals surface area contributed by atoms with Crippen LogP contribution in [-0.2, 0) is 4.79 Å². The van der Waals surface area contributed by atoms with Gasteiger partial charge in [0.25, 0.3) is 0 Å². The minimum Gasteiger partial charge on any atom is -0.298 e. The fourth-order valence-electron chi connectivity index (χ4n) is 1.95. The quantitative estimate of drug-likeness (QED) is 0.619. The lowest BCUT2D eigenvalue weighted by Crippen LogP contribution is -2.32. The van der Waals surface area contributed by atoms with Crippen molar-refractivity contribution in [2.75, 3.05) is 0 Å². The zero-order valence-corrected chi connectivity index (χ0v) is 8.90. The first-order valence-electron chi connectivity index (χ1n) is 4.85. The number of Topliss-reactive ketones (excluding diaryl/α,β-unsaturated/α-hetero) is 1. The zero-order valence-electron chi connectivity index (χ0n) is 8.90. The average molecular weight is 168 g/mol. The molecule has 0 radical (unpaired) electrons. The van der Waals surface area contributed by atoms with E-state index in [0.717, 1.165) is 12.8 Å². The lowest BCUT2D eigenvalue weighted by molar-refractivity contribution is -0.133. The molecule has 1 fully saturated rings. The molecule has 0 heterocycles. The molecule has 1 heteroatoms. The van der Waals surface area contributed by atoms with Crippen LogP contribution < -0.4 is 0 Å². The van der Waals surface area contributed by atoms with E-state index in [0.29, 0.717) is 11.7 Å². The third-order valence-electron chi connectivity index (χ3n) is 3.03. The van der Waals surface area contributed by atoms with E-state index < -0.39 is 0 Å². The minimum atomic E-state index is -0.152. The summed E-state index contributed by atoms with van der Waals surface area (Å²) in [5.74, 6) is 0.981. The Morgan fingerprint density at radius 1 is 1.25 bits per heavy atom. The van der Waals surface area contributed by atoms with Crippen LogP contribution in [0.15, 0.2) is 0 Å². The molecule has 0 aromatic heterocycles. The number of ketones is 1. The van der Waals surface area contributed by atoms with E-state index in [4.69, 9.17) is 0 Å². The van der Waals surface area contributed by atoms with Gasteiger partial charge in [0.1, 0.15) is 5.78 Å². The predicted molar refractivity (Wildman–Crippen MR) is 51.0 cm³/mol. The fourth-order valence-corrected chi connectivity index (χ4v) is 1.95. The normalized spacial score (nSPS) is 21.2. The van der Waals surface area contributed by atoms with Crippen LogP contribution >= 0.6 is 0 Å². The van der Waals surface area contributed by atoms with E-state index in [2.05, 4.69) is 13.8 Å². The Bertz CT molecular complexity index is 192. The van der Waals surface area contributed by atoms with Gasteiger partial charge in [0.15, 0.2) is 0 Å². The highest BCUT2D eigenvalue weighted by molar-refractivity contribution is 5.91. The summed E-state index contributed by atoms with van der Waals surface area (Å²) >= 11 is 0. The van der Waals surface area contributed by atoms with E-state index in [1.807, 2.05) is 20.8 Å². The minimum absolute atomic E-state index is 0.0538. The highest BCUT2D eigenvalue weighted by Crippen LogP contribution is 2.55. The molecule has 0 atom stereocenters. The number of carbonyl (C=O) groups is 1. The second kappa shape index (κ2) is 2.58. The molecule has 1 saturated carbocycles. The standard InChI is InChI=1S/C11H20O/c1-8(2)11(6-7-11)9(12)10(3,4)5/h8H,6-7H2,1-5H3. The van der Waals surface area contributed by atoms with Gasteiger partial charge in [-0.3, -0.25) is 4.79 Å². The molecule has 0 aliphatic heterocycles. The van der Waals surface area contributed by atoms with Gasteiger partial charge in [0.2, 0.25) is 0 Å². The Kier molecular flexibility index (Phi) is 2.10. The lowest BCUT2D eigenvalue weighted by atomic mass is 9.76. The molecule has 1 aliphatic carbocycles. The summed E-state index contributed by atoms with van der Waals surface area (Å²) in [6, 6.07) is 0. The predicted octanol–water partition coefficient (Wildman–Crippen LogP) is 3.04. The molecule has 0 N–H and O–H groups in total. The van der Waals surface area contributed by atoms with E-state index in [1.54, 1.807) is 0 Å². The van der Waals surface area contributed by atoms with Crippen molar-refractivity contribution >= 4 is 5.78 Å². The first kappa shape index (κ1) is 9.76. The molecule has 0 unspecified atom stereocenters. The third kappa shape index (κ3) is 1.41. The summed E-state index contributed by atoms with van der Waals surface area (Å²) in [4.78, 5) is 12.0. The maximum absolute atomic E-state index is 12.0. The van der Waals surface area contributed by atoms with Crippen molar-refractivity contribution in [2.24, 2.45) is 16.7 Å². The Labute approximate surface area is 75.5 Å². The van der Waals surface area contributed by atoms with Crippen molar-refractivity contribution in [2.45, 2.75) is 47.5 Å². The molecule has 1 aliphatic rings. The molecule has 0 spiro atoms. The number of carbonyl (C=O) groups excluding carboxylic acids is 1. The molecular formula is C11H20O. The molecule has 1 rings (SSSR count). The monoisotopic (exact) mass is 168 g/mol. The Balaban J connectivity index is 2.78. The van der Waals surface area contributed by atoms with Crippen LogP contribution in [0.2, 0.25) is 0 Å². The molecule has 0 bridgehead atoms. The van der Waals surface area contributed by atoms with Crippen molar-refractivity contribution in [3.8, 4) is 0 Å². The summed E-state index contributed by atoms with van der Waals surface area (Å²) in [5.41, 5.74) is -0.0982. The maximum Gasteiger partial charge on any atom is 0.144 e. The third-order valence-corrected chi connectivity index (χ3v) is 3.03. The van der Waals surface area contributed by atoms with E-state index >= 15 is 0 Å². The van der Waals surface area contributed by atoms with Crippen LogP contribution in [0, 0.1) is 16.7 Å². The van der Waals surface area contributed by atoms with Crippen molar-refractivity contribution in [3.63, 3.8) is 0 Å². The van der Waals surface area contributed by atoms with Gasteiger partial charge in [0.05, 0.1) is 0 Å². The van der Waals surface area contributed by atoms with Gasteiger partial charge in [-0.25, -0.2) is 0 Å². The van der Waals surface area contributed by atoms with Crippen molar-refractivity contribution in [3.05, 3.63) is 0 Å². The van der Waals surface area contributed by atoms with E-state index in [1.165, 1.54) is 0 Å². The topological polar surface area (TPSA) is 17.1 Å². The summed E-state index contributed by atoms with van der Waals surface area (Å²) < 4.78 is 0. The van der Waals surface area contributed by atoms with Crippen LogP contribution in [0.5, 0.6) is 0 Å². The molecule has 0 saturated heterocycles. The van der Waals surface area contributed by atoms with Gasteiger partial charge in [-0.1, -0.05) is 34.6 Å². The molecule has 70 valence electrons. The number of hydrogen-bond acceptors (Lipinski definition) is 1. The molecule has 0 aromatic rings. The summed E-state index contributed by atoms with van der Waals surface area (Å²) in [6.07, 6.45) is 2.22. The number of hydrogen-bond donors (Lipinski definition) is 0. The lowest BCUT2D eigenvalue weighted by Gasteiger charge is -2.26. The average Bonchev–Trinajstić information content (AvgIpc) is 2.62. The first-order chi connectivity index (χ1) is 5.31. The number of rotatable bonds is 2. The largest absolute Gasteiger partial charge is 0.298 e. The fraction of sp³-hybridized carbons (Fsp3) is 0.909. The molecule has 0 aromatic carbocycles. The van der Waals surface area contributed by atoms with Gasteiger partial charge in [-0.05, 0) is 18.8 Å². The summed E-state index contributed by atoms with van der Waals surface area (Å²) in [7, 11) is 0. The Hall–Kier alpha value is -0.330. The SMILES string of the molecule is CC(C)C1(C(=O)C(C)(C)C)CC1. The highest BCUT2D eigenvalue weighted by Gasteiger charge is 2.54. The molecule has 0 amide bonds. The van der Waals surface area contributed by atoms with Crippen molar-refractivity contribution in [1.29, 1.82) is 0 Å². The summed E-state index contributed by atoms with van der Waals surface area (Å²) in [6.45, 7) is 10.4. The van der Waals surface area contributed by atoms with Gasteiger partial charge >= 0.3 is 0 Å². The van der Waals surface area contributed by atoms with Gasteiger partial charge in [0, 0.05) is 10.8 Å². The zero-order chi connectivity index (χ0) is 9.57. The van der Waals surface area contributed by atoms with Gasteiger partial charge in [-0.15, -0.1) is 0 Å². The highest BCUT2D eigenvalue weighted by atomic mass is 16.1. The molecule has 1 nitrogen and oxygen atoms in total. The van der Waals surface area contributed by atoms with Gasteiger partial charge in [-0.2, -0.15) is 0 Å². The summed E-state index contributed by atoms with van der Waals surface area (Å²) in [5, 5.41) is 0. The van der Waals surface area contributed by atoms with E-state index in [-0.39, 0.29) is 10.8 Å². The van der Waals surface area contributed by atoms with Crippen LogP contribution in [0.1, 0.15) is 47.5 Å². The smallest absolute Gasteiger partial charge is 0.144 e. The van der Waals surface area contributed by atoms with Crippen LogP contribution in [0.25, 0.3) is 0 Å².